The molecule has 1 aromatic heterocycles. The topological polar surface area (TPSA) is 37.8 Å². The first-order valence-corrected chi connectivity index (χ1v) is 6.00. The Morgan fingerprint density at radius 2 is 1.82 bits per heavy atom. The molecule has 0 fully saturated rings. The molecule has 0 spiro atoms. The first-order valence-electron chi connectivity index (χ1n) is 6.00. The highest BCUT2D eigenvalue weighted by molar-refractivity contribution is 5.57. The van der Waals surface area contributed by atoms with Gasteiger partial charge < -0.3 is 5.32 Å². The minimum Gasteiger partial charge on any atom is -0.370 e. The molecule has 0 bridgehead atoms. The molecule has 2 rings (SSSR count). The van der Waals surface area contributed by atoms with Crippen molar-refractivity contribution in [3.63, 3.8) is 0 Å². The summed E-state index contributed by atoms with van der Waals surface area (Å²) in [6, 6.07) is 12.1. The van der Waals surface area contributed by atoms with Crippen LogP contribution in [0.15, 0.2) is 36.4 Å². The SMILES string of the molecule is CCNc1cc(CC)nc(-c2ccccc2)n1. The lowest BCUT2D eigenvalue weighted by molar-refractivity contribution is 0.998. The number of aryl methyl sites for hydroxylation is 1. The van der Waals surface area contributed by atoms with Gasteiger partial charge in [0.2, 0.25) is 0 Å². The Balaban J connectivity index is 2.43. The fourth-order valence-electron chi connectivity index (χ4n) is 1.67. The molecule has 17 heavy (non-hydrogen) atoms. The molecule has 0 aliphatic carbocycles. The molecule has 1 aromatic carbocycles. The molecule has 0 saturated heterocycles. The normalized spacial score (nSPS) is 10.2. The third kappa shape index (κ3) is 2.81. The van der Waals surface area contributed by atoms with Gasteiger partial charge in [-0.1, -0.05) is 37.3 Å². The molecule has 3 nitrogen and oxygen atoms in total. The molecule has 1 N–H and O–H groups in total. The van der Waals surface area contributed by atoms with Crippen LogP contribution in [0, 0.1) is 0 Å². The highest BCUT2D eigenvalue weighted by atomic mass is 15.0. The summed E-state index contributed by atoms with van der Waals surface area (Å²) in [4.78, 5) is 9.07. The smallest absolute Gasteiger partial charge is 0.161 e. The summed E-state index contributed by atoms with van der Waals surface area (Å²) in [6.45, 7) is 5.04. The summed E-state index contributed by atoms with van der Waals surface area (Å²) < 4.78 is 0. The molecule has 0 saturated carbocycles. The first-order chi connectivity index (χ1) is 8.33. The molecule has 1 heterocycles. The monoisotopic (exact) mass is 227 g/mol. The van der Waals surface area contributed by atoms with E-state index in [9.17, 15) is 0 Å². The van der Waals surface area contributed by atoms with E-state index in [1.54, 1.807) is 0 Å². The molecule has 88 valence electrons. The van der Waals surface area contributed by atoms with Gasteiger partial charge in [0.1, 0.15) is 5.82 Å². The van der Waals surface area contributed by atoms with Gasteiger partial charge in [0.25, 0.3) is 0 Å². The van der Waals surface area contributed by atoms with Gasteiger partial charge in [-0.3, -0.25) is 0 Å². The van der Waals surface area contributed by atoms with Gasteiger partial charge in [-0.25, -0.2) is 9.97 Å². The Labute approximate surface area is 102 Å². The second kappa shape index (κ2) is 5.43. The van der Waals surface area contributed by atoms with Gasteiger partial charge in [0.05, 0.1) is 0 Å². The largest absolute Gasteiger partial charge is 0.370 e. The molecular weight excluding hydrogens is 210 g/mol. The molecule has 3 heteroatoms. The lowest BCUT2D eigenvalue weighted by Crippen LogP contribution is -2.03. The molecule has 2 aromatic rings. The van der Waals surface area contributed by atoms with Crippen molar-refractivity contribution >= 4 is 5.82 Å². The van der Waals surface area contributed by atoms with Crippen LogP contribution in [-0.2, 0) is 6.42 Å². The zero-order valence-electron chi connectivity index (χ0n) is 10.3. The molecule has 0 unspecified atom stereocenters. The zero-order chi connectivity index (χ0) is 12.1. The molecular formula is C14H17N3. The zero-order valence-corrected chi connectivity index (χ0v) is 10.3. The van der Waals surface area contributed by atoms with Crippen molar-refractivity contribution in [3.8, 4) is 11.4 Å². The van der Waals surface area contributed by atoms with E-state index in [1.807, 2.05) is 36.4 Å². The molecule has 0 amide bonds. The number of nitrogens with one attached hydrogen (secondary N) is 1. The summed E-state index contributed by atoms with van der Waals surface area (Å²) in [5.41, 5.74) is 2.12. The lowest BCUT2D eigenvalue weighted by Gasteiger charge is -2.07. The van der Waals surface area contributed by atoms with Crippen molar-refractivity contribution in [2.45, 2.75) is 20.3 Å². The van der Waals surface area contributed by atoms with Crippen LogP contribution in [0.5, 0.6) is 0 Å². The van der Waals surface area contributed by atoms with E-state index < -0.39 is 0 Å². The van der Waals surface area contributed by atoms with Gasteiger partial charge in [-0.05, 0) is 13.3 Å². The Hall–Kier alpha value is -1.90. The highest BCUT2D eigenvalue weighted by Gasteiger charge is 2.04. The Morgan fingerprint density at radius 3 is 2.47 bits per heavy atom. The van der Waals surface area contributed by atoms with Crippen LogP contribution in [0.3, 0.4) is 0 Å². The molecule has 0 radical (unpaired) electrons. The maximum atomic E-state index is 4.55. The van der Waals surface area contributed by atoms with Crippen molar-refractivity contribution < 1.29 is 0 Å². The van der Waals surface area contributed by atoms with Gasteiger partial charge >= 0.3 is 0 Å². The number of anilines is 1. The van der Waals surface area contributed by atoms with Gasteiger partial charge in [-0.15, -0.1) is 0 Å². The Kier molecular flexibility index (Phi) is 3.70. The third-order valence-electron chi connectivity index (χ3n) is 2.53. The maximum Gasteiger partial charge on any atom is 0.161 e. The number of hydrogen-bond acceptors (Lipinski definition) is 3. The van der Waals surface area contributed by atoms with Crippen LogP contribution in [-0.4, -0.2) is 16.5 Å². The Morgan fingerprint density at radius 1 is 1.06 bits per heavy atom. The van der Waals surface area contributed by atoms with E-state index in [0.717, 1.165) is 35.9 Å². The third-order valence-corrected chi connectivity index (χ3v) is 2.53. The first kappa shape index (κ1) is 11.6. The van der Waals surface area contributed by atoms with E-state index in [2.05, 4.69) is 29.1 Å². The molecule has 0 aliphatic rings. The molecule has 0 atom stereocenters. The number of aromatic nitrogens is 2. The number of nitrogens with zero attached hydrogens (tertiary/aromatic N) is 2. The van der Waals surface area contributed by atoms with E-state index in [4.69, 9.17) is 0 Å². The standard InChI is InChI=1S/C14H17N3/c1-3-12-10-13(15-4-2)17-14(16-12)11-8-6-5-7-9-11/h5-10H,3-4H2,1-2H3,(H,15,16,17). The van der Waals surface area contributed by atoms with Crippen molar-refractivity contribution in [1.82, 2.24) is 9.97 Å². The fourth-order valence-corrected chi connectivity index (χ4v) is 1.67. The summed E-state index contributed by atoms with van der Waals surface area (Å²) in [5, 5.41) is 3.24. The van der Waals surface area contributed by atoms with Crippen LogP contribution in [0.4, 0.5) is 5.82 Å². The van der Waals surface area contributed by atoms with Gasteiger partial charge in [0.15, 0.2) is 5.82 Å². The average molecular weight is 227 g/mol. The van der Waals surface area contributed by atoms with Crippen LogP contribution in [0.2, 0.25) is 0 Å². The van der Waals surface area contributed by atoms with Crippen molar-refractivity contribution in [3.05, 3.63) is 42.1 Å². The quantitative estimate of drug-likeness (QED) is 0.872. The van der Waals surface area contributed by atoms with E-state index in [-0.39, 0.29) is 0 Å². The van der Waals surface area contributed by atoms with Gasteiger partial charge in [0, 0.05) is 23.9 Å². The minimum atomic E-state index is 0.793. The van der Waals surface area contributed by atoms with E-state index >= 15 is 0 Å². The van der Waals surface area contributed by atoms with E-state index in [1.165, 1.54) is 0 Å². The maximum absolute atomic E-state index is 4.55. The lowest BCUT2D eigenvalue weighted by atomic mass is 10.2. The van der Waals surface area contributed by atoms with Crippen LogP contribution < -0.4 is 5.32 Å². The number of rotatable bonds is 4. The minimum absolute atomic E-state index is 0.793. The van der Waals surface area contributed by atoms with Crippen LogP contribution >= 0.6 is 0 Å². The number of hydrogen-bond donors (Lipinski definition) is 1. The summed E-state index contributed by atoms with van der Waals surface area (Å²) in [6.07, 6.45) is 0.917. The highest BCUT2D eigenvalue weighted by Crippen LogP contribution is 2.17. The van der Waals surface area contributed by atoms with Gasteiger partial charge in [-0.2, -0.15) is 0 Å². The number of benzene rings is 1. The van der Waals surface area contributed by atoms with Crippen LogP contribution in [0.1, 0.15) is 19.5 Å². The average Bonchev–Trinajstić information content (AvgIpc) is 2.40. The fraction of sp³-hybridized carbons (Fsp3) is 0.286. The summed E-state index contributed by atoms with van der Waals surface area (Å²) >= 11 is 0. The Bertz CT molecular complexity index is 480. The predicted octanol–water partition coefficient (Wildman–Crippen LogP) is 3.14. The van der Waals surface area contributed by atoms with E-state index in [0.29, 0.717) is 0 Å². The van der Waals surface area contributed by atoms with Crippen molar-refractivity contribution in [1.29, 1.82) is 0 Å². The molecule has 0 aliphatic heterocycles. The van der Waals surface area contributed by atoms with Crippen molar-refractivity contribution in [2.24, 2.45) is 0 Å². The van der Waals surface area contributed by atoms with Crippen LogP contribution in [0.25, 0.3) is 11.4 Å². The predicted molar refractivity (Wildman–Crippen MR) is 71.0 cm³/mol. The summed E-state index contributed by atoms with van der Waals surface area (Å²) in [5.74, 6) is 1.69. The summed E-state index contributed by atoms with van der Waals surface area (Å²) in [7, 11) is 0. The van der Waals surface area contributed by atoms with Crippen molar-refractivity contribution in [2.75, 3.05) is 11.9 Å². The second-order valence-electron chi connectivity index (χ2n) is 3.82. The second-order valence-corrected chi connectivity index (χ2v) is 3.82.